The van der Waals surface area contributed by atoms with Gasteiger partial charge in [-0.1, -0.05) is 13.0 Å². The SMILES string of the molecule is C=CCNC(=NCCc1ccco1)NC1CCN(CC(=O)NCCC)CC1. The van der Waals surface area contributed by atoms with E-state index in [2.05, 4.69) is 39.3 Å². The molecule has 0 aromatic carbocycles. The van der Waals surface area contributed by atoms with Crippen LogP contribution < -0.4 is 16.0 Å². The van der Waals surface area contributed by atoms with Crippen LogP contribution in [0.25, 0.3) is 0 Å². The van der Waals surface area contributed by atoms with Crippen molar-refractivity contribution >= 4 is 11.9 Å². The summed E-state index contributed by atoms with van der Waals surface area (Å²) in [6.45, 7) is 10.2. The van der Waals surface area contributed by atoms with Gasteiger partial charge in [0.2, 0.25) is 5.91 Å². The highest BCUT2D eigenvalue weighted by molar-refractivity contribution is 5.80. The van der Waals surface area contributed by atoms with Crippen molar-refractivity contribution in [3.63, 3.8) is 0 Å². The van der Waals surface area contributed by atoms with Crippen molar-refractivity contribution in [3.8, 4) is 0 Å². The average Bonchev–Trinajstić information content (AvgIpc) is 3.19. The molecule has 1 aliphatic rings. The minimum atomic E-state index is 0.121. The van der Waals surface area contributed by atoms with Crippen LogP contribution in [0.3, 0.4) is 0 Å². The van der Waals surface area contributed by atoms with Crippen LogP contribution in [0.2, 0.25) is 0 Å². The smallest absolute Gasteiger partial charge is 0.234 e. The van der Waals surface area contributed by atoms with Crippen molar-refractivity contribution in [1.82, 2.24) is 20.9 Å². The number of furan rings is 1. The van der Waals surface area contributed by atoms with E-state index in [0.717, 1.165) is 57.0 Å². The van der Waals surface area contributed by atoms with E-state index in [1.807, 2.05) is 18.2 Å². The molecule has 1 aliphatic heterocycles. The molecule has 7 nitrogen and oxygen atoms in total. The van der Waals surface area contributed by atoms with E-state index >= 15 is 0 Å². The lowest BCUT2D eigenvalue weighted by atomic mass is 10.1. The van der Waals surface area contributed by atoms with Crippen LogP contribution in [0.15, 0.2) is 40.5 Å². The van der Waals surface area contributed by atoms with Gasteiger partial charge in [-0.05, 0) is 31.4 Å². The van der Waals surface area contributed by atoms with Gasteiger partial charge in [-0.2, -0.15) is 0 Å². The Hall–Kier alpha value is -2.28. The standard InChI is InChI=1S/C20H33N5O2/c1-3-10-21-19(26)16-25-13-8-17(9-14-25)24-20(22-11-4-2)23-12-7-18-6-5-15-27-18/h4-6,15,17H,2-3,7-14,16H2,1H3,(H,21,26)(H2,22,23,24). The molecule has 0 atom stereocenters. The summed E-state index contributed by atoms with van der Waals surface area (Å²) in [6, 6.07) is 4.22. The maximum absolute atomic E-state index is 11.8. The van der Waals surface area contributed by atoms with Crippen LogP contribution in [-0.4, -0.2) is 62.1 Å². The number of carbonyl (C=O) groups excluding carboxylic acids is 1. The number of hydrogen-bond donors (Lipinski definition) is 3. The summed E-state index contributed by atoms with van der Waals surface area (Å²) in [5.41, 5.74) is 0. The summed E-state index contributed by atoms with van der Waals surface area (Å²) >= 11 is 0. The van der Waals surface area contributed by atoms with Crippen molar-refractivity contribution in [2.24, 2.45) is 4.99 Å². The van der Waals surface area contributed by atoms with E-state index in [1.165, 1.54) is 0 Å². The number of rotatable bonds is 10. The molecule has 0 radical (unpaired) electrons. The second kappa shape index (κ2) is 12.2. The molecule has 0 saturated carbocycles. The summed E-state index contributed by atoms with van der Waals surface area (Å²) in [5, 5.41) is 9.73. The molecule has 0 spiro atoms. The molecule has 7 heteroatoms. The monoisotopic (exact) mass is 375 g/mol. The van der Waals surface area contributed by atoms with Crippen molar-refractivity contribution in [2.75, 3.05) is 39.3 Å². The van der Waals surface area contributed by atoms with Gasteiger partial charge in [0.1, 0.15) is 5.76 Å². The number of piperidine rings is 1. The minimum Gasteiger partial charge on any atom is -0.469 e. The number of nitrogens with one attached hydrogen (secondary N) is 3. The molecule has 1 aromatic rings. The number of nitrogens with zero attached hydrogens (tertiary/aromatic N) is 2. The maximum atomic E-state index is 11.8. The zero-order chi connectivity index (χ0) is 19.3. The molecule has 27 heavy (non-hydrogen) atoms. The molecule has 1 amide bonds. The molecule has 1 saturated heterocycles. The molecule has 3 N–H and O–H groups in total. The number of hydrogen-bond acceptors (Lipinski definition) is 4. The van der Waals surface area contributed by atoms with Crippen LogP contribution in [0, 0.1) is 0 Å². The lowest BCUT2D eigenvalue weighted by molar-refractivity contribution is -0.122. The highest BCUT2D eigenvalue weighted by Crippen LogP contribution is 2.10. The predicted octanol–water partition coefficient (Wildman–Crippen LogP) is 1.53. The van der Waals surface area contributed by atoms with Crippen LogP contribution in [0.5, 0.6) is 0 Å². The van der Waals surface area contributed by atoms with Crippen LogP contribution in [0.1, 0.15) is 31.9 Å². The van der Waals surface area contributed by atoms with Gasteiger partial charge in [0.15, 0.2) is 5.96 Å². The first-order chi connectivity index (χ1) is 13.2. The predicted molar refractivity (Wildman–Crippen MR) is 109 cm³/mol. The quantitative estimate of drug-likeness (QED) is 0.328. The van der Waals surface area contributed by atoms with Gasteiger partial charge in [-0.15, -0.1) is 6.58 Å². The van der Waals surface area contributed by atoms with Crippen LogP contribution >= 0.6 is 0 Å². The summed E-state index contributed by atoms with van der Waals surface area (Å²) < 4.78 is 5.35. The van der Waals surface area contributed by atoms with Crippen molar-refractivity contribution < 1.29 is 9.21 Å². The topological polar surface area (TPSA) is 81.9 Å². The first-order valence-electron chi connectivity index (χ1n) is 9.88. The number of aliphatic imine (C=N–C) groups is 1. The van der Waals surface area contributed by atoms with E-state index in [0.29, 0.717) is 25.7 Å². The molecule has 1 aromatic heterocycles. The third-order valence-corrected chi connectivity index (χ3v) is 4.49. The van der Waals surface area contributed by atoms with Gasteiger partial charge >= 0.3 is 0 Å². The average molecular weight is 376 g/mol. The molecule has 2 heterocycles. The van der Waals surface area contributed by atoms with Crippen LogP contribution in [-0.2, 0) is 11.2 Å². The Bertz CT molecular complexity index is 577. The Kier molecular flexibility index (Phi) is 9.48. The fraction of sp³-hybridized carbons (Fsp3) is 0.600. The zero-order valence-corrected chi connectivity index (χ0v) is 16.4. The highest BCUT2D eigenvalue weighted by atomic mass is 16.3. The second-order valence-electron chi connectivity index (χ2n) is 6.77. The molecular formula is C20H33N5O2. The molecule has 1 fully saturated rings. The fourth-order valence-electron chi connectivity index (χ4n) is 3.01. The number of likely N-dealkylation sites (tertiary alicyclic amines) is 1. The molecule has 150 valence electrons. The third kappa shape index (κ3) is 8.30. The zero-order valence-electron chi connectivity index (χ0n) is 16.4. The van der Waals surface area contributed by atoms with Crippen molar-refractivity contribution in [2.45, 2.75) is 38.6 Å². The Morgan fingerprint density at radius 3 is 2.89 bits per heavy atom. The highest BCUT2D eigenvalue weighted by Gasteiger charge is 2.21. The summed E-state index contributed by atoms with van der Waals surface area (Å²) in [6.07, 6.45) is 7.24. The van der Waals surface area contributed by atoms with Gasteiger partial charge < -0.3 is 20.4 Å². The molecule has 0 bridgehead atoms. The molecule has 0 aliphatic carbocycles. The Morgan fingerprint density at radius 2 is 2.22 bits per heavy atom. The van der Waals surface area contributed by atoms with Crippen molar-refractivity contribution in [3.05, 3.63) is 36.8 Å². The van der Waals surface area contributed by atoms with Crippen LogP contribution in [0.4, 0.5) is 0 Å². The van der Waals surface area contributed by atoms with Gasteiger partial charge in [0.05, 0.1) is 12.8 Å². The molecule has 0 unspecified atom stereocenters. The summed E-state index contributed by atoms with van der Waals surface area (Å²) in [7, 11) is 0. The first-order valence-corrected chi connectivity index (χ1v) is 9.88. The van der Waals surface area contributed by atoms with Gasteiger partial charge in [-0.3, -0.25) is 14.7 Å². The number of amides is 1. The lowest BCUT2D eigenvalue weighted by Crippen LogP contribution is -2.50. The third-order valence-electron chi connectivity index (χ3n) is 4.49. The second-order valence-corrected chi connectivity index (χ2v) is 6.77. The minimum absolute atomic E-state index is 0.121. The van der Waals surface area contributed by atoms with E-state index in [1.54, 1.807) is 6.26 Å². The largest absolute Gasteiger partial charge is 0.469 e. The summed E-state index contributed by atoms with van der Waals surface area (Å²) in [4.78, 5) is 18.7. The van der Waals surface area contributed by atoms with Crippen molar-refractivity contribution in [1.29, 1.82) is 0 Å². The maximum Gasteiger partial charge on any atom is 0.234 e. The lowest BCUT2D eigenvalue weighted by Gasteiger charge is -2.32. The van der Waals surface area contributed by atoms with E-state index in [-0.39, 0.29) is 5.91 Å². The van der Waals surface area contributed by atoms with E-state index < -0.39 is 0 Å². The van der Waals surface area contributed by atoms with Gasteiger partial charge in [0.25, 0.3) is 0 Å². The Balaban J connectivity index is 1.74. The molecular weight excluding hydrogens is 342 g/mol. The fourth-order valence-corrected chi connectivity index (χ4v) is 3.01. The van der Waals surface area contributed by atoms with Gasteiger partial charge in [0, 0.05) is 45.2 Å². The normalized spacial score (nSPS) is 16.1. The molecule has 2 rings (SSSR count). The van der Waals surface area contributed by atoms with E-state index in [4.69, 9.17) is 4.42 Å². The number of guanidine groups is 1. The first kappa shape index (κ1) is 21.0. The summed E-state index contributed by atoms with van der Waals surface area (Å²) in [5.74, 6) is 1.87. The number of carbonyl (C=O) groups is 1. The Morgan fingerprint density at radius 1 is 1.41 bits per heavy atom. The van der Waals surface area contributed by atoms with E-state index in [9.17, 15) is 4.79 Å². The Labute approximate surface area is 162 Å². The van der Waals surface area contributed by atoms with Gasteiger partial charge in [-0.25, -0.2) is 0 Å².